The van der Waals surface area contributed by atoms with Crippen LogP contribution in [-0.4, -0.2) is 15.6 Å². The molecular weight excluding hydrogens is 390 g/mol. The molecule has 3 rings (SSSR count). The van der Waals surface area contributed by atoms with Gasteiger partial charge in [0.05, 0.1) is 5.39 Å². The summed E-state index contributed by atoms with van der Waals surface area (Å²) < 4.78 is 1.22. The van der Waals surface area contributed by atoms with Gasteiger partial charge in [-0.05, 0) is 31.2 Å². The van der Waals surface area contributed by atoms with Gasteiger partial charge in [0.1, 0.15) is 4.83 Å². The van der Waals surface area contributed by atoms with Crippen LogP contribution in [0.5, 0.6) is 0 Å². The summed E-state index contributed by atoms with van der Waals surface area (Å²) in [7, 11) is 0. The number of thiol groups is 1. The zero-order valence-corrected chi connectivity index (χ0v) is 18.5. The Hall–Kier alpha value is -1.34. The van der Waals surface area contributed by atoms with E-state index in [-0.39, 0.29) is 16.6 Å². The third-order valence-electron chi connectivity index (χ3n) is 5.47. The highest BCUT2D eigenvalue weighted by molar-refractivity contribution is 7.80. The van der Waals surface area contributed by atoms with Gasteiger partial charge in [0, 0.05) is 11.3 Å². The van der Waals surface area contributed by atoms with Crippen molar-refractivity contribution in [3.63, 3.8) is 0 Å². The maximum Gasteiger partial charge on any atom is 0.282 e. The van der Waals surface area contributed by atoms with Crippen LogP contribution in [0.25, 0.3) is 10.2 Å². The predicted molar refractivity (Wildman–Crippen MR) is 119 cm³/mol. The molecule has 7 heteroatoms. The molecule has 2 heterocycles. The average molecular weight is 422 g/mol. The number of rotatable bonds is 11. The largest absolute Gasteiger partial charge is 0.282 e. The van der Waals surface area contributed by atoms with Crippen molar-refractivity contribution in [1.82, 2.24) is 9.66 Å². The van der Waals surface area contributed by atoms with E-state index in [4.69, 9.17) is 0 Å². The number of nitrogens with one attached hydrogen (secondary N) is 1. The lowest BCUT2D eigenvalue weighted by Gasteiger charge is -2.10. The van der Waals surface area contributed by atoms with Crippen LogP contribution in [0.15, 0.2) is 9.95 Å². The molecule has 2 aromatic heterocycles. The number of amides is 1. The molecule has 0 bridgehead atoms. The summed E-state index contributed by atoms with van der Waals surface area (Å²) in [6.45, 7) is 2.23. The molecule has 0 aromatic carbocycles. The number of thiophene rings is 1. The summed E-state index contributed by atoms with van der Waals surface area (Å²) in [5.74, 6) is -0.145. The van der Waals surface area contributed by atoms with E-state index in [1.54, 1.807) is 11.3 Å². The molecule has 28 heavy (non-hydrogen) atoms. The first-order valence-electron chi connectivity index (χ1n) is 10.7. The first kappa shape index (κ1) is 21.4. The van der Waals surface area contributed by atoms with Crippen LogP contribution in [0, 0.1) is 0 Å². The smallest absolute Gasteiger partial charge is 0.273 e. The molecule has 1 aliphatic rings. The van der Waals surface area contributed by atoms with E-state index >= 15 is 0 Å². The predicted octanol–water partition coefficient (Wildman–Crippen LogP) is 5.23. The molecule has 0 fully saturated rings. The van der Waals surface area contributed by atoms with Crippen LogP contribution in [-0.2, 0) is 17.6 Å². The lowest BCUT2D eigenvalue weighted by molar-refractivity contribution is -0.117. The van der Waals surface area contributed by atoms with E-state index in [1.165, 1.54) is 54.5 Å². The molecule has 0 aliphatic heterocycles. The standard InChI is InChI=1S/C21H31N3O2S2/c1-2-3-4-5-6-7-8-9-10-14-17(25)23-24-20(26)18-15-12-11-13-16(15)28-19(18)22-21(24)27/h2-14H2,1H3,(H,22,27)(H,23,25). The van der Waals surface area contributed by atoms with Crippen LogP contribution >= 0.6 is 24.0 Å². The molecule has 2 aromatic rings. The van der Waals surface area contributed by atoms with Crippen LogP contribution in [0.1, 0.15) is 88.0 Å². The van der Waals surface area contributed by atoms with Crippen molar-refractivity contribution < 1.29 is 4.79 Å². The Labute approximate surface area is 176 Å². The second kappa shape index (κ2) is 10.4. The molecule has 5 nitrogen and oxygen atoms in total. The van der Waals surface area contributed by atoms with Gasteiger partial charge in [0.15, 0.2) is 5.16 Å². The van der Waals surface area contributed by atoms with Crippen LogP contribution in [0.3, 0.4) is 0 Å². The Bertz CT molecular complexity index is 873. The minimum Gasteiger partial charge on any atom is -0.273 e. The van der Waals surface area contributed by atoms with Gasteiger partial charge in [-0.25, -0.2) is 4.98 Å². The molecular formula is C21H31N3O2S2. The summed E-state index contributed by atoms with van der Waals surface area (Å²) in [6, 6.07) is 0. The number of aromatic nitrogens is 2. The molecule has 154 valence electrons. The van der Waals surface area contributed by atoms with Crippen LogP contribution < -0.4 is 11.0 Å². The number of carbonyl (C=O) groups excluding carboxylic acids is 1. The van der Waals surface area contributed by atoms with E-state index < -0.39 is 0 Å². The number of aryl methyl sites for hydroxylation is 2. The number of nitrogens with zero attached hydrogens (tertiary/aromatic N) is 2. The van der Waals surface area contributed by atoms with Gasteiger partial charge in [-0.15, -0.1) is 24.0 Å². The highest BCUT2D eigenvalue weighted by atomic mass is 32.1. The van der Waals surface area contributed by atoms with Gasteiger partial charge < -0.3 is 0 Å². The monoisotopic (exact) mass is 421 g/mol. The minimum absolute atomic E-state index is 0.145. The van der Waals surface area contributed by atoms with E-state index in [9.17, 15) is 9.59 Å². The summed E-state index contributed by atoms with van der Waals surface area (Å²) in [5, 5.41) is 0.913. The SMILES string of the molecule is CCCCCCCCCCCC(=O)Nn1c(S)nc2sc3c(c2c1=O)CCC3. The normalized spacial score (nSPS) is 13.2. The number of hydrogen-bond acceptors (Lipinski definition) is 5. The minimum atomic E-state index is -0.199. The van der Waals surface area contributed by atoms with Gasteiger partial charge in [-0.2, -0.15) is 4.68 Å². The molecule has 1 aliphatic carbocycles. The average Bonchev–Trinajstić information content (AvgIpc) is 3.24. The molecule has 0 saturated heterocycles. The van der Waals surface area contributed by atoms with Crippen molar-refractivity contribution in [2.24, 2.45) is 0 Å². The van der Waals surface area contributed by atoms with Crippen molar-refractivity contribution in [3.05, 3.63) is 20.8 Å². The lowest BCUT2D eigenvalue weighted by Crippen LogP contribution is -2.34. The number of carbonyl (C=O) groups is 1. The number of fused-ring (bicyclic) bond motifs is 3. The lowest BCUT2D eigenvalue weighted by atomic mass is 10.1. The fraction of sp³-hybridized carbons (Fsp3) is 0.667. The topological polar surface area (TPSA) is 64.0 Å². The number of unbranched alkanes of at least 4 members (excludes halogenated alkanes) is 8. The second-order valence-corrected chi connectivity index (χ2v) is 9.19. The van der Waals surface area contributed by atoms with Crippen molar-refractivity contribution in [3.8, 4) is 0 Å². The third kappa shape index (κ3) is 5.17. The first-order chi connectivity index (χ1) is 13.6. The molecule has 0 atom stereocenters. The van der Waals surface area contributed by atoms with Crippen LogP contribution in [0.2, 0.25) is 0 Å². The van der Waals surface area contributed by atoms with Crippen molar-refractivity contribution in [1.29, 1.82) is 0 Å². The zero-order valence-electron chi connectivity index (χ0n) is 16.8. The fourth-order valence-corrected chi connectivity index (χ4v) is 5.47. The van der Waals surface area contributed by atoms with Gasteiger partial charge in [-0.3, -0.25) is 15.0 Å². The highest BCUT2D eigenvalue weighted by Crippen LogP contribution is 2.34. The zero-order chi connectivity index (χ0) is 19.9. The van der Waals surface area contributed by atoms with Crippen molar-refractivity contribution in [2.45, 2.75) is 95.6 Å². The quantitative estimate of drug-likeness (QED) is 0.297. The Morgan fingerprint density at radius 2 is 1.79 bits per heavy atom. The Morgan fingerprint density at radius 3 is 2.50 bits per heavy atom. The molecule has 0 spiro atoms. The Morgan fingerprint density at radius 1 is 1.11 bits per heavy atom. The molecule has 0 unspecified atom stereocenters. The van der Waals surface area contributed by atoms with Crippen LogP contribution in [0.4, 0.5) is 0 Å². The Balaban J connectivity index is 1.48. The summed E-state index contributed by atoms with van der Waals surface area (Å²) in [6.07, 6.45) is 14.3. The molecule has 1 amide bonds. The van der Waals surface area contributed by atoms with Gasteiger partial charge in [0.2, 0.25) is 5.91 Å². The summed E-state index contributed by atoms with van der Waals surface area (Å²) in [5.41, 5.74) is 3.63. The maximum atomic E-state index is 12.9. The van der Waals surface area contributed by atoms with E-state index in [0.717, 1.165) is 42.5 Å². The maximum absolute atomic E-state index is 12.9. The molecule has 1 N–H and O–H groups in total. The van der Waals surface area contributed by atoms with Gasteiger partial charge in [-0.1, -0.05) is 58.3 Å². The fourth-order valence-electron chi connectivity index (χ4n) is 3.91. The van der Waals surface area contributed by atoms with Gasteiger partial charge in [0.25, 0.3) is 5.56 Å². The van der Waals surface area contributed by atoms with E-state index in [2.05, 4.69) is 30.0 Å². The summed E-state index contributed by atoms with van der Waals surface area (Å²) >= 11 is 5.91. The first-order valence-corrected chi connectivity index (χ1v) is 11.9. The van der Waals surface area contributed by atoms with Crippen molar-refractivity contribution >= 4 is 40.1 Å². The summed E-state index contributed by atoms with van der Waals surface area (Å²) in [4.78, 5) is 31.6. The molecule has 0 radical (unpaired) electrons. The second-order valence-electron chi connectivity index (χ2n) is 7.70. The highest BCUT2D eigenvalue weighted by Gasteiger charge is 2.23. The van der Waals surface area contributed by atoms with Gasteiger partial charge >= 0.3 is 0 Å². The van der Waals surface area contributed by atoms with E-state index in [0.29, 0.717) is 11.8 Å². The number of hydrogen-bond donors (Lipinski definition) is 2. The third-order valence-corrected chi connectivity index (χ3v) is 6.95. The van der Waals surface area contributed by atoms with Crippen molar-refractivity contribution in [2.75, 3.05) is 5.43 Å². The molecule has 0 saturated carbocycles. The van der Waals surface area contributed by atoms with E-state index in [1.807, 2.05) is 0 Å². The Kier molecular flexibility index (Phi) is 7.97.